The molecule has 0 bridgehead atoms. The van der Waals surface area contributed by atoms with Gasteiger partial charge in [0.15, 0.2) is 5.16 Å². The number of H-pyrrole nitrogens is 1. The van der Waals surface area contributed by atoms with Crippen molar-refractivity contribution in [3.63, 3.8) is 0 Å². The standard InChI is InChI=1S/C18H20FN3O2S/c1-23-9-4-10-24-17-7-8-20-16(13(17)11-19)12-25-18-21-14-5-2-3-6-15(14)22-18/h2-3,5-8H,4,9-12H2,1H3,(H,21,22). The van der Waals surface area contributed by atoms with E-state index in [0.717, 1.165) is 22.6 Å². The molecule has 0 aliphatic rings. The quantitative estimate of drug-likeness (QED) is 0.459. The Morgan fingerprint density at radius 3 is 2.88 bits per heavy atom. The number of ether oxygens (including phenoxy) is 2. The molecule has 2 aromatic heterocycles. The van der Waals surface area contributed by atoms with E-state index in [1.807, 2.05) is 24.3 Å². The largest absolute Gasteiger partial charge is 0.493 e. The van der Waals surface area contributed by atoms with Crippen molar-refractivity contribution in [3.8, 4) is 5.75 Å². The lowest BCUT2D eigenvalue weighted by Crippen LogP contribution is -2.05. The van der Waals surface area contributed by atoms with Crippen LogP contribution < -0.4 is 4.74 Å². The molecule has 1 aromatic carbocycles. The minimum atomic E-state index is -0.608. The minimum absolute atomic E-state index is 0.487. The first-order valence-electron chi connectivity index (χ1n) is 8.04. The van der Waals surface area contributed by atoms with Crippen LogP contribution in [-0.2, 0) is 17.2 Å². The average molecular weight is 361 g/mol. The summed E-state index contributed by atoms with van der Waals surface area (Å²) in [5.41, 5.74) is 3.08. The van der Waals surface area contributed by atoms with E-state index in [0.29, 0.717) is 36.0 Å². The van der Waals surface area contributed by atoms with E-state index in [9.17, 15) is 4.39 Å². The summed E-state index contributed by atoms with van der Waals surface area (Å²) in [5.74, 6) is 1.07. The van der Waals surface area contributed by atoms with Crippen LogP contribution in [0.3, 0.4) is 0 Å². The van der Waals surface area contributed by atoms with Gasteiger partial charge in [-0.15, -0.1) is 0 Å². The molecule has 0 spiro atoms. The molecule has 3 aromatic rings. The second kappa shape index (κ2) is 8.82. The molecule has 0 amide bonds. The maximum Gasteiger partial charge on any atom is 0.166 e. The second-order valence-corrected chi connectivity index (χ2v) is 6.37. The van der Waals surface area contributed by atoms with E-state index < -0.39 is 6.67 Å². The first kappa shape index (κ1) is 17.7. The number of methoxy groups -OCH3 is 1. The predicted octanol–water partition coefficient (Wildman–Crippen LogP) is 4.14. The average Bonchev–Trinajstić information content (AvgIpc) is 3.06. The molecule has 0 aliphatic carbocycles. The highest BCUT2D eigenvalue weighted by Gasteiger charge is 2.12. The normalized spacial score (nSPS) is 11.1. The number of nitrogens with one attached hydrogen (secondary N) is 1. The number of aromatic nitrogens is 3. The Labute approximate surface area is 150 Å². The van der Waals surface area contributed by atoms with Crippen LogP contribution in [0.15, 0.2) is 41.7 Å². The maximum atomic E-state index is 13.5. The summed E-state index contributed by atoms with van der Waals surface area (Å²) in [4.78, 5) is 12.1. The van der Waals surface area contributed by atoms with Gasteiger partial charge in [-0.05, 0) is 18.2 Å². The number of thioether (sulfide) groups is 1. The summed E-state index contributed by atoms with van der Waals surface area (Å²) in [6.07, 6.45) is 2.41. The third-order valence-electron chi connectivity index (χ3n) is 3.70. The summed E-state index contributed by atoms with van der Waals surface area (Å²) in [7, 11) is 1.65. The van der Waals surface area contributed by atoms with Crippen molar-refractivity contribution in [1.29, 1.82) is 0 Å². The molecular formula is C18H20FN3O2S. The molecule has 0 radical (unpaired) electrons. The minimum Gasteiger partial charge on any atom is -0.493 e. The number of hydrogen-bond acceptors (Lipinski definition) is 5. The Bertz CT molecular complexity index is 792. The molecular weight excluding hydrogens is 341 g/mol. The van der Waals surface area contributed by atoms with Gasteiger partial charge in [-0.25, -0.2) is 9.37 Å². The Balaban J connectivity index is 1.68. The summed E-state index contributed by atoms with van der Waals surface area (Å²) >= 11 is 1.50. The molecule has 7 heteroatoms. The van der Waals surface area contributed by atoms with Crippen LogP contribution in [0.1, 0.15) is 17.7 Å². The number of hydrogen-bond donors (Lipinski definition) is 1. The number of benzene rings is 1. The number of nitrogens with zero attached hydrogens (tertiary/aromatic N) is 2. The van der Waals surface area contributed by atoms with Crippen LogP contribution in [0.5, 0.6) is 5.75 Å². The number of alkyl halides is 1. The smallest absolute Gasteiger partial charge is 0.166 e. The van der Waals surface area contributed by atoms with Gasteiger partial charge in [0.1, 0.15) is 12.4 Å². The molecule has 132 valence electrons. The van der Waals surface area contributed by atoms with Crippen LogP contribution in [0.25, 0.3) is 11.0 Å². The fraction of sp³-hybridized carbons (Fsp3) is 0.333. The number of imidazole rings is 1. The number of pyridine rings is 1. The van der Waals surface area contributed by atoms with Gasteiger partial charge in [0.2, 0.25) is 0 Å². The molecule has 0 unspecified atom stereocenters. The number of halogens is 1. The summed E-state index contributed by atoms with van der Waals surface area (Å²) in [6.45, 7) is 0.495. The Hall–Kier alpha value is -2.12. The lowest BCUT2D eigenvalue weighted by atomic mass is 10.2. The molecule has 5 nitrogen and oxygen atoms in total. The zero-order chi connectivity index (χ0) is 17.5. The molecule has 0 saturated carbocycles. The molecule has 0 aliphatic heterocycles. The molecule has 0 fully saturated rings. The summed E-state index contributed by atoms with van der Waals surface area (Å²) < 4.78 is 24.2. The Morgan fingerprint density at radius 2 is 2.08 bits per heavy atom. The van der Waals surface area contributed by atoms with Gasteiger partial charge in [-0.1, -0.05) is 23.9 Å². The monoisotopic (exact) mass is 361 g/mol. The molecule has 3 rings (SSSR count). The molecule has 25 heavy (non-hydrogen) atoms. The third kappa shape index (κ3) is 4.49. The first-order chi connectivity index (χ1) is 12.3. The van der Waals surface area contributed by atoms with Crippen LogP contribution in [0, 0.1) is 0 Å². The zero-order valence-corrected chi connectivity index (χ0v) is 14.8. The van der Waals surface area contributed by atoms with Crippen molar-refractivity contribution >= 4 is 22.8 Å². The van der Waals surface area contributed by atoms with Gasteiger partial charge in [0, 0.05) is 37.7 Å². The van der Waals surface area contributed by atoms with E-state index in [1.54, 1.807) is 19.4 Å². The topological polar surface area (TPSA) is 60.0 Å². The highest BCUT2D eigenvalue weighted by atomic mass is 32.2. The predicted molar refractivity (Wildman–Crippen MR) is 96.7 cm³/mol. The molecule has 1 N–H and O–H groups in total. The Kier molecular flexibility index (Phi) is 6.25. The van der Waals surface area contributed by atoms with Crippen molar-refractivity contribution in [1.82, 2.24) is 15.0 Å². The number of rotatable bonds is 9. The van der Waals surface area contributed by atoms with Crippen molar-refractivity contribution in [2.24, 2.45) is 0 Å². The van der Waals surface area contributed by atoms with Crippen molar-refractivity contribution in [2.75, 3.05) is 20.3 Å². The van der Waals surface area contributed by atoms with Gasteiger partial charge in [0.25, 0.3) is 0 Å². The molecule has 2 heterocycles. The van der Waals surface area contributed by atoms with Gasteiger partial charge in [0.05, 0.1) is 23.3 Å². The van der Waals surface area contributed by atoms with Crippen molar-refractivity contribution < 1.29 is 13.9 Å². The lowest BCUT2D eigenvalue weighted by Gasteiger charge is -2.12. The van der Waals surface area contributed by atoms with E-state index in [-0.39, 0.29) is 0 Å². The van der Waals surface area contributed by atoms with Crippen molar-refractivity contribution in [2.45, 2.75) is 24.0 Å². The van der Waals surface area contributed by atoms with E-state index in [1.165, 1.54) is 11.8 Å². The highest BCUT2D eigenvalue weighted by molar-refractivity contribution is 7.98. The fourth-order valence-corrected chi connectivity index (χ4v) is 3.31. The second-order valence-electron chi connectivity index (χ2n) is 5.41. The molecule has 0 atom stereocenters. The SMILES string of the molecule is COCCCOc1ccnc(CSc2nc3ccccc3[nH]2)c1CF. The van der Waals surface area contributed by atoms with Crippen LogP contribution in [0.4, 0.5) is 4.39 Å². The van der Waals surface area contributed by atoms with Crippen LogP contribution in [0.2, 0.25) is 0 Å². The summed E-state index contributed by atoms with van der Waals surface area (Å²) in [6, 6.07) is 9.55. The van der Waals surface area contributed by atoms with Gasteiger partial charge >= 0.3 is 0 Å². The van der Waals surface area contributed by atoms with Crippen LogP contribution in [-0.4, -0.2) is 35.3 Å². The van der Waals surface area contributed by atoms with Crippen molar-refractivity contribution in [3.05, 3.63) is 47.8 Å². The fourth-order valence-electron chi connectivity index (χ4n) is 2.44. The van der Waals surface area contributed by atoms with E-state index in [4.69, 9.17) is 9.47 Å². The van der Waals surface area contributed by atoms with Crippen LogP contribution >= 0.6 is 11.8 Å². The number of para-hydroxylation sites is 2. The van der Waals surface area contributed by atoms with E-state index in [2.05, 4.69) is 15.0 Å². The number of aromatic amines is 1. The zero-order valence-electron chi connectivity index (χ0n) is 14.0. The maximum absolute atomic E-state index is 13.5. The third-order valence-corrected chi connectivity index (χ3v) is 4.58. The number of fused-ring (bicyclic) bond motifs is 1. The van der Waals surface area contributed by atoms with Gasteiger partial charge in [-0.2, -0.15) is 0 Å². The first-order valence-corrected chi connectivity index (χ1v) is 9.02. The van der Waals surface area contributed by atoms with Gasteiger partial charge in [-0.3, -0.25) is 4.98 Å². The highest BCUT2D eigenvalue weighted by Crippen LogP contribution is 2.28. The summed E-state index contributed by atoms with van der Waals surface area (Å²) in [5, 5.41) is 0.791. The van der Waals surface area contributed by atoms with E-state index >= 15 is 0 Å². The molecule has 0 saturated heterocycles. The van der Waals surface area contributed by atoms with Gasteiger partial charge < -0.3 is 14.5 Å². The Morgan fingerprint density at radius 1 is 1.20 bits per heavy atom. The lowest BCUT2D eigenvalue weighted by molar-refractivity contribution is 0.171.